The second-order valence-electron chi connectivity index (χ2n) is 5.87. The summed E-state index contributed by atoms with van der Waals surface area (Å²) in [6.45, 7) is 2.69. The Balaban J connectivity index is 1.74. The molecule has 2 aromatic rings. The average molecular weight is 359 g/mol. The highest BCUT2D eigenvalue weighted by atomic mass is 35.5. The third kappa shape index (κ3) is 4.12. The Labute approximate surface area is 151 Å². The van der Waals surface area contributed by atoms with Crippen LogP contribution in [0, 0.1) is 0 Å². The topological polar surface area (TPSA) is 58.6 Å². The number of amides is 2. The number of hydrogen-bond acceptors (Lipinski definition) is 3. The fourth-order valence-corrected chi connectivity index (χ4v) is 2.87. The van der Waals surface area contributed by atoms with Gasteiger partial charge in [-0.2, -0.15) is 0 Å². The predicted molar refractivity (Wildman–Crippen MR) is 98.4 cm³/mol. The zero-order chi connectivity index (χ0) is 17.8. The van der Waals surface area contributed by atoms with E-state index in [0.717, 1.165) is 12.0 Å². The van der Waals surface area contributed by atoms with Crippen LogP contribution in [0.1, 0.15) is 18.9 Å². The van der Waals surface area contributed by atoms with Crippen molar-refractivity contribution in [2.75, 3.05) is 23.4 Å². The van der Waals surface area contributed by atoms with E-state index in [1.807, 2.05) is 19.1 Å². The molecule has 3 rings (SSSR count). The molecule has 1 N–H and O–H groups in total. The van der Waals surface area contributed by atoms with E-state index < -0.39 is 0 Å². The third-order valence-corrected chi connectivity index (χ3v) is 4.16. The third-order valence-electron chi connectivity index (χ3n) is 3.91. The van der Waals surface area contributed by atoms with Crippen LogP contribution in [0.3, 0.4) is 0 Å². The lowest BCUT2D eigenvalue weighted by Gasteiger charge is -2.29. The van der Waals surface area contributed by atoms with Crippen molar-refractivity contribution in [3.8, 4) is 5.75 Å². The highest BCUT2D eigenvalue weighted by Gasteiger charge is 2.25. The number of carbonyl (C=O) groups is 2. The van der Waals surface area contributed by atoms with E-state index in [-0.39, 0.29) is 24.8 Å². The number of anilines is 2. The van der Waals surface area contributed by atoms with Crippen LogP contribution in [-0.2, 0) is 16.0 Å². The van der Waals surface area contributed by atoms with Crippen molar-refractivity contribution >= 4 is 34.8 Å². The molecule has 0 fully saturated rings. The van der Waals surface area contributed by atoms with Crippen molar-refractivity contribution in [2.45, 2.75) is 19.8 Å². The fraction of sp³-hybridized carbons (Fsp3) is 0.263. The van der Waals surface area contributed by atoms with Crippen LogP contribution in [0.15, 0.2) is 42.5 Å². The summed E-state index contributed by atoms with van der Waals surface area (Å²) < 4.78 is 5.46. The van der Waals surface area contributed by atoms with Gasteiger partial charge in [-0.05, 0) is 42.3 Å². The van der Waals surface area contributed by atoms with E-state index >= 15 is 0 Å². The largest absolute Gasteiger partial charge is 0.482 e. The van der Waals surface area contributed by atoms with Crippen LogP contribution in [0.2, 0.25) is 5.02 Å². The van der Waals surface area contributed by atoms with Gasteiger partial charge < -0.3 is 15.0 Å². The molecule has 0 bridgehead atoms. The maximum Gasteiger partial charge on any atom is 0.265 e. The Morgan fingerprint density at radius 3 is 2.72 bits per heavy atom. The van der Waals surface area contributed by atoms with Crippen LogP contribution in [0.25, 0.3) is 0 Å². The van der Waals surface area contributed by atoms with Crippen molar-refractivity contribution in [1.29, 1.82) is 0 Å². The minimum absolute atomic E-state index is 0.0509. The lowest BCUT2D eigenvalue weighted by atomic mass is 10.1. The van der Waals surface area contributed by atoms with Gasteiger partial charge in [0.1, 0.15) is 5.75 Å². The summed E-state index contributed by atoms with van der Waals surface area (Å²) in [6, 6.07) is 12.5. The van der Waals surface area contributed by atoms with Crippen molar-refractivity contribution in [2.24, 2.45) is 0 Å². The molecule has 2 amide bonds. The van der Waals surface area contributed by atoms with Gasteiger partial charge in [0.25, 0.3) is 5.91 Å². The lowest BCUT2D eigenvalue weighted by Crippen LogP contribution is -2.39. The number of benzene rings is 2. The summed E-state index contributed by atoms with van der Waals surface area (Å²) >= 11 is 5.85. The molecule has 0 spiro atoms. The lowest BCUT2D eigenvalue weighted by molar-refractivity contribution is -0.121. The van der Waals surface area contributed by atoms with Gasteiger partial charge in [0.15, 0.2) is 6.61 Å². The number of rotatable bonds is 5. The molecule has 6 heteroatoms. The molecule has 0 aromatic heterocycles. The molecular weight excluding hydrogens is 340 g/mol. The van der Waals surface area contributed by atoms with Crippen LogP contribution in [-0.4, -0.2) is 25.0 Å². The number of carbonyl (C=O) groups excluding carboxylic acids is 2. The number of nitrogens with one attached hydrogen (secondary N) is 1. The SMILES string of the molecule is CCCN1C(=O)COc2ccc(NC(=O)Cc3ccc(Cl)cc3)cc21. The molecule has 2 aromatic carbocycles. The van der Waals surface area contributed by atoms with Gasteiger partial charge in [-0.1, -0.05) is 30.7 Å². The van der Waals surface area contributed by atoms with Crippen molar-refractivity contribution in [3.05, 3.63) is 53.1 Å². The average Bonchev–Trinajstić information content (AvgIpc) is 2.59. The molecule has 5 nitrogen and oxygen atoms in total. The first-order chi connectivity index (χ1) is 12.1. The molecule has 1 aliphatic heterocycles. The van der Waals surface area contributed by atoms with Gasteiger partial charge >= 0.3 is 0 Å². The fourth-order valence-electron chi connectivity index (χ4n) is 2.74. The van der Waals surface area contributed by atoms with E-state index in [4.69, 9.17) is 16.3 Å². The molecule has 0 saturated heterocycles. The first kappa shape index (κ1) is 17.3. The molecule has 1 heterocycles. The monoisotopic (exact) mass is 358 g/mol. The van der Waals surface area contributed by atoms with Gasteiger partial charge in [-0.3, -0.25) is 9.59 Å². The number of ether oxygens (including phenoxy) is 1. The molecule has 0 aliphatic carbocycles. The maximum absolute atomic E-state index is 12.3. The van der Waals surface area contributed by atoms with Crippen molar-refractivity contribution in [3.63, 3.8) is 0 Å². The van der Waals surface area contributed by atoms with Crippen LogP contribution in [0.4, 0.5) is 11.4 Å². The Kier molecular flexibility index (Phi) is 5.24. The van der Waals surface area contributed by atoms with E-state index in [9.17, 15) is 9.59 Å². The minimum atomic E-state index is -0.132. The summed E-state index contributed by atoms with van der Waals surface area (Å²) in [5.41, 5.74) is 2.21. The minimum Gasteiger partial charge on any atom is -0.482 e. The molecule has 130 valence electrons. The van der Waals surface area contributed by atoms with Crippen molar-refractivity contribution in [1.82, 2.24) is 0 Å². The Hall–Kier alpha value is -2.53. The first-order valence-corrected chi connectivity index (χ1v) is 8.56. The first-order valence-electron chi connectivity index (χ1n) is 8.18. The zero-order valence-corrected chi connectivity index (χ0v) is 14.7. The highest BCUT2D eigenvalue weighted by molar-refractivity contribution is 6.30. The highest BCUT2D eigenvalue weighted by Crippen LogP contribution is 2.34. The van der Waals surface area contributed by atoms with E-state index in [1.165, 1.54) is 0 Å². The summed E-state index contributed by atoms with van der Waals surface area (Å²) in [5, 5.41) is 3.51. The number of fused-ring (bicyclic) bond motifs is 1. The van der Waals surface area contributed by atoms with Gasteiger partial charge in [0.05, 0.1) is 12.1 Å². The number of nitrogens with zero attached hydrogens (tertiary/aromatic N) is 1. The molecule has 0 unspecified atom stereocenters. The summed E-state index contributed by atoms with van der Waals surface area (Å²) in [7, 11) is 0. The molecule has 0 radical (unpaired) electrons. The quantitative estimate of drug-likeness (QED) is 0.887. The summed E-state index contributed by atoms with van der Waals surface area (Å²) in [6.07, 6.45) is 1.10. The number of halogens is 1. The smallest absolute Gasteiger partial charge is 0.265 e. The Bertz CT molecular complexity index is 790. The second kappa shape index (κ2) is 7.57. The molecule has 0 atom stereocenters. The zero-order valence-electron chi connectivity index (χ0n) is 13.9. The van der Waals surface area contributed by atoms with Crippen LogP contribution in [0.5, 0.6) is 5.75 Å². The Morgan fingerprint density at radius 1 is 1.24 bits per heavy atom. The van der Waals surface area contributed by atoms with E-state index in [2.05, 4.69) is 5.32 Å². The van der Waals surface area contributed by atoms with Crippen LogP contribution < -0.4 is 15.0 Å². The molecular formula is C19H19ClN2O3. The summed E-state index contributed by atoms with van der Waals surface area (Å²) in [5.74, 6) is 0.454. The van der Waals surface area contributed by atoms with Crippen LogP contribution >= 0.6 is 11.6 Å². The van der Waals surface area contributed by atoms with Gasteiger partial charge in [-0.15, -0.1) is 0 Å². The van der Waals surface area contributed by atoms with Gasteiger partial charge in [0.2, 0.25) is 5.91 Å². The molecule has 25 heavy (non-hydrogen) atoms. The Morgan fingerprint density at radius 2 is 2.00 bits per heavy atom. The maximum atomic E-state index is 12.3. The number of hydrogen-bond donors (Lipinski definition) is 1. The van der Waals surface area contributed by atoms with E-state index in [0.29, 0.717) is 28.7 Å². The standard InChI is InChI=1S/C19H19ClN2O3/c1-2-9-22-16-11-15(7-8-17(16)25-12-19(22)24)21-18(23)10-13-3-5-14(20)6-4-13/h3-8,11H,2,9-10,12H2,1H3,(H,21,23). The van der Waals surface area contributed by atoms with Crippen molar-refractivity contribution < 1.29 is 14.3 Å². The van der Waals surface area contributed by atoms with E-state index in [1.54, 1.807) is 35.2 Å². The molecule has 1 aliphatic rings. The summed E-state index contributed by atoms with van der Waals surface area (Å²) in [4.78, 5) is 26.0. The van der Waals surface area contributed by atoms with Gasteiger partial charge in [-0.25, -0.2) is 0 Å². The normalized spacial score (nSPS) is 13.2. The molecule has 0 saturated carbocycles. The van der Waals surface area contributed by atoms with Gasteiger partial charge in [0, 0.05) is 17.3 Å². The predicted octanol–water partition coefficient (Wildman–Crippen LogP) is 3.66. The second-order valence-corrected chi connectivity index (χ2v) is 6.30.